The fourth-order valence-electron chi connectivity index (χ4n) is 4.11. The number of nitrogens with one attached hydrogen (secondary N) is 2. The van der Waals surface area contributed by atoms with Gasteiger partial charge in [0, 0.05) is 30.5 Å². The van der Waals surface area contributed by atoms with Gasteiger partial charge in [0.25, 0.3) is 0 Å². The molecule has 5 rings (SSSR count). The molecule has 4 aromatic rings. The predicted octanol–water partition coefficient (Wildman–Crippen LogP) is 4.55. The Morgan fingerprint density at radius 3 is 2.74 bits per heavy atom. The Balaban J connectivity index is 1.36. The van der Waals surface area contributed by atoms with Crippen LogP contribution in [0.25, 0.3) is 10.9 Å². The molecule has 0 radical (unpaired) electrons. The van der Waals surface area contributed by atoms with Gasteiger partial charge in [-0.25, -0.2) is 4.98 Å². The van der Waals surface area contributed by atoms with Gasteiger partial charge in [0.1, 0.15) is 11.6 Å². The maximum atomic E-state index is 9.23. The lowest BCUT2D eigenvalue weighted by molar-refractivity contribution is -0.0384. The van der Waals surface area contributed by atoms with Crippen LogP contribution in [0.5, 0.6) is 5.75 Å². The summed E-state index contributed by atoms with van der Waals surface area (Å²) in [4.78, 5) is 15.8. The summed E-state index contributed by atoms with van der Waals surface area (Å²) in [5.74, 6) is 1.76. The predicted molar refractivity (Wildman–Crippen MR) is 132 cm³/mol. The summed E-state index contributed by atoms with van der Waals surface area (Å²) in [6.45, 7) is 0. The Labute approximate surface area is 198 Å². The van der Waals surface area contributed by atoms with E-state index in [0.717, 1.165) is 29.4 Å². The quantitative estimate of drug-likeness (QED) is 0.395. The summed E-state index contributed by atoms with van der Waals surface area (Å²) in [5, 5.41) is 17.0. The van der Waals surface area contributed by atoms with Gasteiger partial charge >= 0.3 is 0 Å². The van der Waals surface area contributed by atoms with Crippen LogP contribution in [-0.2, 0) is 0 Å². The molecular weight excluding hydrogens is 426 g/mol. The number of hydrogen-bond acceptors (Lipinski definition) is 8. The summed E-state index contributed by atoms with van der Waals surface area (Å²) in [6.07, 6.45) is 5.01. The first-order chi connectivity index (χ1) is 16.5. The number of fused-ring (bicyclic) bond motifs is 1. The minimum absolute atomic E-state index is 0.372. The number of anilines is 3. The molecule has 2 heterocycles. The van der Waals surface area contributed by atoms with E-state index in [9.17, 15) is 5.26 Å². The maximum absolute atomic E-state index is 9.23. The van der Waals surface area contributed by atoms with Crippen LogP contribution in [-0.4, -0.2) is 45.7 Å². The topological polar surface area (TPSA) is 99.0 Å². The number of nitrogens with zero attached hydrogens (tertiary/aromatic N) is 5. The van der Waals surface area contributed by atoms with E-state index >= 15 is 0 Å². The molecule has 34 heavy (non-hydrogen) atoms. The van der Waals surface area contributed by atoms with Crippen molar-refractivity contribution >= 4 is 28.4 Å². The van der Waals surface area contributed by atoms with Gasteiger partial charge in [0.2, 0.25) is 5.95 Å². The lowest BCUT2D eigenvalue weighted by Gasteiger charge is -2.49. The van der Waals surface area contributed by atoms with E-state index in [1.165, 1.54) is 0 Å². The van der Waals surface area contributed by atoms with Crippen molar-refractivity contribution in [1.29, 1.82) is 5.26 Å². The van der Waals surface area contributed by atoms with Crippen molar-refractivity contribution in [2.24, 2.45) is 0 Å². The van der Waals surface area contributed by atoms with Crippen molar-refractivity contribution in [3.05, 3.63) is 78.6 Å². The summed E-state index contributed by atoms with van der Waals surface area (Å²) >= 11 is 0. The second kappa shape index (κ2) is 8.96. The lowest BCUT2D eigenvalue weighted by atomic mass is 9.81. The fraction of sp³-hybridized carbons (Fsp3) is 0.231. The second-order valence-electron chi connectivity index (χ2n) is 8.69. The molecule has 0 aliphatic heterocycles. The van der Waals surface area contributed by atoms with Crippen molar-refractivity contribution in [1.82, 2.24) is 19.9 Å². The third-order valence-electron chi connectivity index (χ3n) is 6.00. The van der Waals surface area contributed by atoms with Gasteiger partial charge in [-0.3, -0.25) is 4.98 Å². The van der Waals surface area contributed by atoms with E-state index < -0.39 is 5.72 Å². The number of benzene rings is 2. The number of rotatable bonds is 7. The van der Waals surface area contributed by atoms with Crippen LogP contribution in [0.1, 0.15) is 18.4 Å². The molecule has 1 aliphatic rings. The highest BCUT2D eigenvalue weighted by Crippen LogP contribution is 2.39. The molecule has 1 fully saturated rings. The summed E-state index contributed by atoms with van der Waals surface area (Å²) in [5.41, 5.74) is 1.69. The van der Waals surface area contributed by atoms with Gasteiger partial charge in [0.05, 0.1) is 29.0 Å². The Hall–Kier alpha value is -4.22. The van der Waals surface area contributed by atoms with Crippen LogP contribution < -0.4 is 15.4 Å². The van der Waals surface area contributed by atoms with E-state index in [4.69, 9.17) is 4.74 Å². The highest BCUT2D eigenvalue weighted by atomic mass is 16.5. The normalized spacial score (nSPS) is 19.3. The van der Waals surface area contributed by atoms with Crippen LogP contribution in [0, 0.1) is 11.3 Å². The molecule has 2 aromatic carbocycles. The van der Waals surface area contributed by atoms with E-state index in [-0.39, 0.29) is 0 Å². The summed E-state index contributed by atoms with van der Waals surface area (Å²) < 4.78 is 6.37. The zero-order valence-corrected chi connectivity index (χ0v) is 19.1. The van der Waals surface area contributed by atoms with Crippen molar-refractivity contribution in [2.75, 3.05) is 24.7 Å². The first kappa shape index (κ1) is 21.6. The molecule has 2 N–H and O–H groups in total. The largest absolute Gasteiger partial charge is 0.468 e. The highest BCUT2D eigenvalue weighted by molar-refractivity contribution is 5.82. The van der Waals surface area contributed by atoms with Crippen LogP contribution >= 0.6 is 0 Å². The van der Waals surface area contributed by atoms with Gasteiger partial charge in [-0.1, -0.05) is 24.3 Å². The van der Waals surface area contributed by atoms with E-state index in [1.807, 2.05) is 48.5 Å². The Morgan fingerprint density at radius 1 is 1.06 bits per heavy atom. The standard InChI is InChI=1S/C26H25N7O/c1-33(2)21-14-26(15-21,34-22-8-5-6-18(12-22)16-27)32-25-28-11-10-24(31-25)30-20-13-19-7-3-4-9-23(19)29-17-20/h3-13,17,21H,14-15H2,1-2H3,(H2,28,30,31,32). The molecule has 0 spiro atoms. The number of pyridine rings is 1. The molecule has 0 bridgehead atoms. The zero-order valence-electron chi connectivity index (χ0n) is 19.1. The molecule has 0 unspecified atom stereocenters. The van der Waals surface area contributed by atoms with Crippen molar-refractivity contribution in [3.8, 4) is 11.8 Å². The molecule has 1 aliphatic carbocycles. The van der Waals surface area contributed by atoms with Crippen LogP contribution in [0.15, 0.2) is 73.1 Å². The highest BCUT2D eigenvalue weighted by Gasteiger charge is 2.48. The van der Waals surface area contributed by atoms with Gasteiger partial charge < -0.3 is 20.3 Å². The van der Waals surface area contributed by atoms with Gasteiger partial charge in [-0.2, -0.15) is 10.2 Å². The van der Waals surface area contributed by atoms with Crippen molar-refractivity contribution in [2.45, 2.75) is 24.6 Å². The third kappa shape index (κ3) is 4.60. The first-order valence-corrected chi connectivity index (χ1v) is 11.1. The maximum Gasteiger partial charge on any atom is 0.227 e. The molecule has 0 amide bonds. The molecule has 0 saturated heterocycles. The van der Waals surface area contributed by atoms with Crippen LogP contribution in [0.3, 0.4) is 0 Å². The third-order valence-corrected chi connectivity index (χ3v) is 6.00. The smallest absolute Gasteiger partial charge is 0.227 e. The number of hydrogen-bond donors (Lipinski definition) is 2. The number of aromatic nitrogens is 3. The van der Waals surface area contributed by atoms with Crippen molar-refractivity contribution in [3.63, 3.8) is 0 Å². The number of nitriles is 1. The zero-order chi connectivity index (χ0) is 23.5. The Kier molecular flexibility index (Phi) is 5.70. The molecule has 8 heteroatoms. The minimum atomic E-state index is -0.661. The van der Waals surface area contributed by atoms with E-state index in [1.54, 1.807) is 24.5 Å². The van der Waals surface area contributed by atoms with Crippen LogP contribution in [0.4, 0.5) is 17.5 Å². The van der Waals surface area contributed by atoms with Crippen LogP contribution in [0.2, 0.25) is 0 Å². The lowest BCUT2D eigenvalue weighted by Crippen LogP contribution is -2.61. The first-order valence-electron chi connectivity index (χ1n) is 11.1. The number of para-hydroxylation sites is 1. The fourth-order valence-corrected chi connectivity index (χ4v) is 4.11. The minimum Gasteiger partial charge on any atom is -0.468 e. The average Bonchev–Trinajstić information content (AvgIpc) is 2.82. The average molecular weight is 452 g/mol. The summed E-state index contributed by atoms with van der Waals surface area (Å²) in [7, 11) is 4.12. The Morgan fingerprint density at radius 2 is 1.91 bits per heavy atom. The van der Waals surface area contributed by atoms with Gasteiger partial charge in [-0.05, 0) is 50.5 Å². The SMILES string of the molecule is CN(C)C1CC(Nc2nccc(Nc3cnc4ccccc4c3)n2)(Oc2cccc(C#N)c2)C1. The molecule has 170 valence electrons. The van der Waals surface area contributed by atoms with E-state index in [0.29, 0.717) is 29.1 Å². The molecule has 0 atom stereocenters. The van der Waals surface area contributed by atoms with Gasteiger partial charge in [0.15, 0.2) is 5.72 Å². The number of ether oxygens (including phenoxy) is 1. The summed E-state index contributed by atoms with van der Waals surface area (Å²) in [6, 6.07) is 21.6. The van der Waals surface area contributed by atoms with Gasteiger partial charge in [-0.15, -0.1) is 0 Å². The monoisotopic (exact) mass is 451 g/mol. The molecule has 8 nitrogen and oxygen atoms in total. The molecule has 2 aromatic heterocycles. The van der Waals surface area contributed by atoms with Crippen molar-refractivity contribution < 1.29 is 4.74 Å². The Bertz CT molecular complexity index is 1360. The molecule has 1 saturated carbocycles. The molecular formula is C26H25N7O. The van der Waals surface area contributed by atoms with E-state index in [2.05, 4.69) is 50.6 Å². The second-order valence-corrected chi connectivity index (χ2v) is 8.69.